The van der Waals surface area contributed by atoms with E-state index < -0.39 is 0 Å². The van der Waals surface area contributed by atoms with Gasteiger partial charge in [-0.15, -0.1) is 0 Å². The quantitative estimate of drug-likeness (QED) is 0.522. The van der Waals surface area contributed by atoms with E-state index in [1.807, 2.05) is 12.1 Å². The van der Waals surface area contributed by atoms with Crippen LogP contribution >= 0.6 is 0 Å². The molecule has 0 aromatic carbocycles. The maximum absolute atomic E-state index is 9.22. The van der Waals surface area contributed by atoms with Crippen LogP contribution in [0.3, 0.4) is 0 Å². The number of aliphatic hydroxyl groups excluding tert-OH is 1. The molecule has 1 aromatic heterocycles. The number of hydrogen-bond acceptors (Lipinski definition) is 5. The number of aliphatic hydroxyl groups is 1. The summed E-state index contributed by atoms with van der Waals surface area (Å²) in [5, 5.41) is 19.2. The predicted molar refractivity (Wildman–Crippen MR) is 66.4 cm³/mol. The number of pyridine rings is 1. The van der Waals surface area contributed by atoms with E-state index in [0.717, 1.165) is 56.2 Å². The normalized spacial score (nSPS) is 18.2. The number of fused-ring (bicyclic) bond motifs is 2. The van der Waals surface area contributed by atoms with Gasteiger partial charge < -0.3 is 21.1 Å². The Balaban J connectivity index is 2.11. The van der Waals surface area contributed by atoms with Crippen LogP contribution in [0.4, 0.5) is 0 Å². The fourth-order valence-electron chi connectivity index (χ4n) is 1.90. The largest absolute Gasteiger partial charge is 0.392 e. The summed E-state index contributed by atoms with van der Waals surface area (Å²) in [7, 11) is 0. The molecular formula is C12H20N4O. The summed E-state index contributed by atoms with van der Waals surface area (Å²) in [5.74, 6) is 0. The van der Waals surface area contributed by atoms with Crippen molar-refractivity contribution in [3.05, 3.63) is 29.1 Å². The summed E-state index contributed by atoms with van der Waals surface area (Å²) in [6.07, 6.45) is 0. The van der Waals surface area contributed by atoms with Gasteiger partial charge in [0, 0.05) is 39.3 Å². The lowest BCUT2D eigenvalue weighted by Crippen LogP contribution is -2.33. The molecule has 1 aromatic rings. The SMILES string of the molecule is OCc1cc2nc(c1)CNCCNCCNC2. The first-order valence-electron chi connectivity index (χ1n) is 6.10. The molecule has 0 atom stereocenters. The van der Waals surface area contributed by atoms with Gasteiger partial charge in [-0.2, -0.15) is 0 Å². The van der Waals surface area contributed by atoms with Crippen LogP contribution in [-0.2, 0) is 19.7 Å². The zero-order valence-electron chi connectivity index (χ0n) is 10.00. The minimum atomic E-state index is 0.0735. The molecule has 94 valence electrons. The maximum Gasteiger partial charge on any atom is 0.0683 e. The highest BCUT2D eigenvalue weighted by Gasteiger charge is 2.03. The summed E-state index contributed by atoms with van der Waals surface area (Å²) in [6.45, 7) is 5.37. The lowest BCUT2D eigenvalue weighted by Gasteiger charge is -2.12. The van der Waals surface area contributed by atoms with E-state index in [-0.39, 0.29) is 6.61 Å². The van der Waals surface area contributed by atoms with Crippen LogP contribution < -0.4 is 16.0 Å². The molecule has 0 radical (unpaired) electrons. The van der Waals surface area contributed by atoms with Crippen molar-refractivity contribution in [2.24, 2.45) is 0 Å². The van der Waals surface area contributed by atoms with Crippen molar-refractivity contribution in [1.82, 2.24) is 20.9 Å². The highest BCUT2D eigenvalue weighted by atomic mass is 16.3. The zero-order chi connectivity index (χ0) is 11.9. The van der Waals surface area contributed by atoms with E-state index in [0.29, 0.717) is 0 Å². The molecule has 0 unspecified atom stereocenters. The summed E-state index contributed by atoms with van der Waals surface area (Å²) >= 11 is 0. The molecule has 0 aliphatic carbocycles. The third kappa shape index (κ3) is 4.05. The van der Waals surface area contributed by atoms with E-state index in [2.05, 4.69) is 20.9 Å². The molecule has 5 nitrogen and oxygen atoms in total. The molecule has 17 heavy (non-hydrogen) atoms. The fraction of sp³-hybridized carbons (Fsp3) is 0.583. The van der Waals surface area contributed by atoms with E-state index in [1.54, 1.807) is 0 Å². The molecule has 1 aliphatic heterocycles. The van der Waals surface area contributed by atoms with E-state index in [1.165, 1.54) is 0 Å². The smallest absolute Gasteiger partial charge is 0.0683 e. The van der Waals surface area contributed by atoms with Gasteiger partial charge in [0.2, 0.25) is 0 Å². The predicted octanol–water partition coefficient (Wildman–Crippen LogP) is -0.644. The van der Waals surface area contributed by atoms with Gasteiger partial charge in [-0.25, -0.2) is 0 Å². The van der Waals surface area contributed by atoms with Crippen LogP contribution in [-0.4, -0.2) is 36.3 Å². The molecular weight excluding hydrogens is 216 g/mol. The minimum absolute atomic E-state index is 0.0735. The second-order valence-electron chi connectivity index (χ2n) is 4.22. The molecule has 4 N–H and O–H groups in total. The van der Waals surface area contributed by atoms with Gasteiger partial charge in [0.15, 0.2) is 0 Å². The van der Waals surface area contributed by atoms with Crippen LogP contribution in [0.5, 0.6) is 0 Å². The second kappa shape index (κ2) is 6.66. The van der Waals surface area contributed by atoms with Crippen molar-refractivity contribution in [3.63, 3.8) is 0 Å². The number of rotatable bonds is 1. The summed E-state index contributed by atoms with van der Waals surface area (Å²) < 4.78 is 0. The van der Waals surface area contributed by atoms with Crippen LogP contribution in [0, 0.1) is 0 Å². The molecule has 0 saturated heterocycles. The Bertz CT molecular complexity index is 328. The summed E-state index contributed by atoms with van der Waals surface area (Å²) in [4.78, 5) is 4.56. The maximum atomic E-state index is 9.22. The van der Waals surface area contributed by atoms with E-state index >= 15 is 0 Å². The molecule has 2 heterocycles. The third-order valence-corrected chi connectivity index (χ3v) is 2.74. The molecule has 0 saturated carbocycles. The second-order valence-corrected chi connectivity index (χ2v) is 4.22. The highest BCUT2D eigenvalue weighted by Crippen LogP contribution is 2.06. The van der Waals surface area contributed by atoms with Crippen LogP contribution in [0.2, 0.25) is 0 Å². The molecule has 5 heteroatoms. The minimum Gasteiger partial charge on any atom is -0.392 e. The number of nitrogens with zero attached hydrogens (tertiary/aromatic N) is 1. The Morgan fingerprint density at radius 1 is 0.941 bits per heavy atom. The summed E-state index contributed by atoms with van der Waals surface area (Å²) in [5.41, 5.74) is 2.92. The Morgan fingerprint density at radius 2 is 1.47 bits per heavy atom. The molecule has 0 amide bonds. The molecule has 0 spiro atoms. The van der Waals surface area contributed by atoms with Gasteiger partial charge in [0.05, 0.1) is 18.0 Å². The lowest BCUT2D eigenvalue weighted by molar-refractivity contribution is 0.281. The molecule has 0 fully saturated rings. The highest BCUT2D eigenvalue weighted by molar-refractivity contribution is 5.21. The van der Waals surface area contributed by atoms with Crippen molar-refractivity contribution in [2.45, 2.75) is 19.7 Å². The van der Waals surface area contributed by atoms with Crippen LogP contribution in [0.15, 0.2) is 12.1 Å². The molecule has 2 bridgehead atoms. The van der Waals surface area contributed by atoms with Crippen molar-refractivity contribution in [1.29, 1.82) is 0 Å². The van der Waals surface area contributed by atoms with Crippen molar-refractivity contribution in [2.75, 3.05) is 26.2 Å². The van der Waals surface area contributed by atoms with Gasteiger partial charge in [-0.3, -0.25) is 4.98 Å². The standard InChI is InChI=1S/C12H20N4O/c17-9-10-5-11-7-14-3-1-13-2-4-15-8-12(6-10)16-11/h5-6,13-15,17H,1-4,7-9H2. The topological polar surface area (TPSA) is 69.2 Å². The average molecular weight is 236 g/mol. The Morgan fingerprint density at radius 3 is 2.00 bits per heavy atom. The van der Waals surface area contributed by atoms with Gasteiger partial charge in [0.25, 0.3) is 0 Å². The van der Waals surface area contributed by atoms with Gasteiger partial charge in [-0.05, 0) is 17.7 Å². The fourth-order valence-corrected chi connectivity index (χ4v) is 1.90. The number of aromatic nitrogens is 1. The molecule has 2 rings (SSSR count). The first-order chi connectivity index (χ1) is 8.38. The molecule has 1 aliphatic rings. The third-order valence-electron chi connectivity index (χ3n) is 2.74. The monoisotopic (exact) mass is 236 g/mol. The first kappa shape index (κ1) is 12.4. The van der Waals surface area contributed by atoms with Gasteiger partial charge >= 0.3 is 0 Å². The van der Waals surface area contributed by atoms with Crippen molar-refractivity contribution >= 4 is 0 Å². The zero-order valence-corrected chi connectivity index (χ0v) is 10.00. The van der Waals surface area contributed by atoms with Crippen LogP contribution in [0.1, 0.15) is 17.0 Å². The Kier molecular flexibility index (Phi) is 4.88. The van der Waals surface area contributed by atoms with Crippen molar-refractivity contribution < 1.29 is 5.11 Å². The Labute approximate surface area is 102 Å². The van der Waals surface area contributed by atoms with E-state index in [4.69, 9.17) is 0 Å². The Hall–Kier alpha value is -1.01. The van der Waals surface area contributed by atoms with Crippen LogP contribution in [0.25, 0.3) is 0 Å². The number of nitrogens with one attached hydrogen (secondary N) is 3. The van der Waals surface area contributed by atoms with Gasteiger partial charge in [0.1, 0.15) is 0 Å². The first-order valence-corrected chi connectivity index (χ1v) is 6.10. The van der Waals surface area contributed by atoms with Gasteiger partial charge in [-0.1, -0.05) is 0 Å². The average Bonchev–Trinajstić information content (AvgIpc) is 2.35. The summed E-state index contributed by atoms with van der Waals surface area (Å²) in [6, 6.07) is 3.91. The van der Waals surface area contributed by atoms with E-state index in [9.17, 15) is 5.11 Å². The number of hydrogen-bond donors (Lipinski definition) is 4. The van der Waals surface area contributed by atoms with Crippen molar-refractivity contribution in [3.8, 4) is 0 Å². The lowest BCUT2D eigenvalue weighted by atomic mass is 10.2.